The lowest BCUT2D eigenvalue weighted by atomic mass is 9.95. The van der Waals surface area contributed by atoms with Gasteiger partial charge in [-0.2, -0.15) is 0 Å². The third-order valence-electron chi connectivity index (χ3n) is 5.02. The molecule has 1 aromatic carbocycles. The van der Waals surface area contributed by atoms with Gasteiger partial charge in [0.15, 0.2) is 5.96 Å². The minimum absolute atomic E-state index is 0.0699. The number of rotatable bonds is 3. The van der Waals surface area contributed by atoms with Gasteiger partial charge < -0.3 is 15.5 Å². The summed E-state index contributed by atoms with van der Waals surface area (Å²) < 4.78 is 0. The van der Waals surface area contributed by atoms with Crippen molar-refractivity contribution in [2.24, 2.45) is 4.99 Å². The van der Waals surface area contributed by atoms with Gasteiger partial charge in [0.2, 0.25) is 5.91 Å². The lowest BCUT2D eigenvalue weighted by Gasteiger charge is -2.31. The van der Waals surface area contributed by atoms with Crippen molar-refractivity contribution in [1.29, 1.82) is 0 Å². The zero-order chi connectivity index (χ0) is 16.8. The Balaban J connectivity index is 1.49. The van der Waals surface area contributed by atoms with Crippen LogP contribution in [0.1, 0.15) is 43.2 Å². The van der Waals surface area contributed by atoms with Gasteiger partial charge in [-0.3, -0.25) is 9.79 Å². The van der Waals surface area contributed by atoms with Crippen molar-refractivity contribution < 1.29 is 4.79 Å². The fourth-order valence-corrected chi connectivity index (χ4v) is 3.69. The van der Waals surface area contributed by atoms with Crippen molar-refractivity contribution in [3.63, 3.8) is 0 Å². The van der Waals surface area contributed by atoms with Gasteiger partial charge in [0, 0.05) is 26.2 Å². The van der Waals surface area contributed by atoms with Crippen LogP contribution in [-0.4, -0.2) is 42.9 Å². The van der Waals surface area contributed by atoms with E-state index in [1.165, 1.54) is 30.4 Å². The average molecular weight is 328 g/mol. The summed E-state index contributed by atoms with van der Waals surface area (Å²) in [7, 11) is 1.78. The molecule has 0 unspecified atom stereocenters. The van der Waals surface area contributed by atoms with E-state index in [1.807, 2.05) is 0 Å². The molecule has 0 radical (unpaired) electrons. The highest BCUT2D eigenvalue weighted by Gasteiger charge is 2.20. The summed E-state index contributed by atoms with van der Waals surface area (Å²) in [5.74, 6) is 0.878. The molecule has 1 aliphatic carbocycles. The molecule has 1 heterocycles. The van der Waals surface area contributed by atoms with E-state index in [0.717, 1.165) is 38.3 Å². The summed E-state index contributed by atoms with van der Waals surface area (Å²) in [5.41, 5.74) is 2.76. The van der Waals surface area contributed by atoms with Crippen molar-refractivity contribution in [2.45, 2.75) is 51.1 Å². The largest absolute Gasteiger partial charge is 0.352 e. The molecular weight excluding hydrogens is 300 g/mol. The summed E-state index contributed by atoms with van der Waals surface area (Å²) in [5, 5.41) is 6.37. The number of aliphatic imine (C=N–C) groups is 1. The van der Waals surface area contributed by atoms with Crippen molar-refractivity contribution in [1.82, 2.24) is 15.5 Å². The number of benzene rings is 1. The Morgan fingerprint density at radius 1 is 1.21 bits per heavy atom. The topological polar surface area (TPSA) is 56.7 Å². The molecule has 0 spiro atoms. The van der Waals surface area contributed by atoms with Gasteiger partial charge in [0.1, 0.15) is 0 Å². The maximum atomic E-state index is 12.2. The smallest absolute Gasteiger partial charge is 0.239 e. The number of nitrogens with zero attached hydrogens (tertiary/aromatic N) is 2. The molecule has 5 heteroatoms. The first-order valence-electron chi connectivity index (χ1n) is 9.08. The van der Waals surface area contributed by atoms with Gasteiger partial charge in [0.25, 0.3) is 0 Å². The van der Waals surface area contributed by atoms with Gasteiger partial charge in [-0.15, -0.1) is 0 Å². The summed E-state index contributed by atoms with van der Waals surface area (Å²) in [6, 6.07) is 8.90. The highest BCUT2D eigenvalue weighted by Crippen LogP contribution is 2.18. The number of fused-ring (bicyclic) bond motifs is 1. The number of hydrogen-bond acceptors (Lipinski definition) is 2. The predicted octanol–water partition coefficient (Wildman–Crippen LogP) is 2.07. The molecule has 1 saturated carbocycles. The zero-order valence-electron chi connectivity index (χ0n) is 14.6. The second-order valence-electron chi connectivity index (χ2n) is 6.74. The van der Waals surface area contributed by atoms with Crippen LogP contribution in [0, 0.1) is 0 Å². The van der Waals surface area contributed by atoms with E-state index < -0.39 is 0 Å². The zero-order valence-corrected chi connectivity index (χ0v) is 14.6. The first-order valence-corrected chi connectivity index (χ1v) is 9.08. The van der Waals surface area contributed by atoms with Gasteiger partial charge in [-0.05, 0) is 30.4 Å². The van der Waals surface area contributed by atoms with E-state index in [4.69, 9.17) is 0 Å². The molecule has 1 fully saturated rings. The Morgan fingerprint density at radius 3 is 2.71 bits per heavy atom. The van der Waals surface area contributed by atoms with E-state index in [1.54, 1.807) is 7.05 Å². The molecule has 2 aliphatic rings. The normalized spacial score (nSPS) is 18.9. The predicted molar refractivity (Wildman–Crippen MR) is 96.9 cm³/mol. The van der Waals surface area contributed by atoms with Crippen LogP contribution in [0.5, 0.6) is 0 Å². The number of nitrogens with one attached hydrogen (secondary N) is 2. The summed E-state index contributed by atoms with van der Waals surface area (Å²) in [4.78, 5) is 18.7. The first-order chi connectivity index (χ1) is 11.8. The minimum atomic E-state index is 0.0699. The maximum Gasteiger partial charge on any atom is 0.239 e. The first kappa shape index (κ1) is 16.8. The number of amides is 1. The Bertz CT molecular complexity index is 593. The maximum absolute atomic E-state index is 12.2. The van der Waals surface area contributed by atoms with E-state index in [9.17, 15) is 4.79 Å². The van der Waals surface area contributed by atoms with Gasteiger partial charge >= 0.3 is 0 Å². The van der Waals surface area contributed by atoms with Crippen LogP contribution in [0.25, 0.3) is 0 Å². The van der Waals surface area contributed by atoms with Crippen LogP contribution in [0.4, 0.5) is 0 Å². The fourth-order valence-electron chi connectivity index (χ4n) is 3.69. The summed E-state index contributed by atoms with van der Waals surface area (Å²) in [6.07, 6.45) is 7.01. The molecule has 0 bridgehead atoms. The van der Waals surface area contributed by atoms with Gasteiger partial charge in [0.05, 0.1) is 6.54 Å². The van der Waals surface area contributed by atoms with Crippen LogP contribution in [0.2, 0.25) is 0 Å². The summed E-state index contributed by atoms with van der Waals surface area (Å²) >= 11 is 0. The molecule has 0 atom stereocenters. The molecule has 1 amide bonds. The number of hydrogen-bond donors (Lipinski definition) is 2. The molecule has 2 N–H and O–H groups in total. The van der Waals surface area contributed by atoms with Gasteiger partial charge in [-0.25, -0.2) is 0 Å². The van der Waals surface area contributed by atoms with E-state index >= 15 is 0 Å². The lowest BCUT2D eigenvalue weighted by molar-refractivity contribution is -0.120. The van der Waals surface area contributed by atoms with Crippen molar-refractivity contribution in [3.8, 4) is 0 Å². The Kier molecular flexibility index (Phi) is 5.72. The molecule has 3 rings (SSSR count). The standard InChI is InChI=1S/C19H28N4O/c1-20-19(21-13-18(24)22-17-9-3-2-4-10-17)23-12-11-15-7-5-6-8-16(15)14-23/h5-8,17H,2-4,9-14H2,1H3,(H,20,21)(H,22,24). The molecule has 1 aromatic rings. The highest BCUT2D eigenvalue weighted by atomic mass is 16.2. The summed E-state index contributed by atoms with van der Waals surface area (Å²) in [6.45, 7) is 2.07. The molecule has 24 heavy (non-hydrogen) atoms. The van der Waals surface area contributed by atoms with Crippen LogP contribution >= 0.6 is 0 Å². The van der Waals surface area contributed by atoms with Crippen LogP contribution < -0.4 is 10.6 Å². The molecular formula is C19H28N4O. The Labute approximate surface area is 144 Å². The fraction of sp³-hybridized carbons (Fsp3) is 0.579. The van der Waals surface area contributed by atoms with E-state index in [0.29, 0.717) is 12.6 Å². The van der Waals surface area contributed by atoms with Crippen molar-refractivity contribution >= 4 is 11.9 Å². The lowest BCUT2D eigenvalue weighted by Crippen LogP contribution is -2.48. The quantitative estimate of drug-likeness (QED) is 0.660. The minimum Gasteiger partial charge on any atom is -0.352 e. The Morgan fingerprint density at radius 2 is 1.96 bits per heavy atom. The van der Waals surface area contributed by atoms with Crippen molar-refractivity contribution in [2.75, 3.05) is 20.1 Å². The number of carbonyl (C=O) groups excluding carboxylic acids is 1. The average Bonchev–Trinajstić information content (AvgIpc) is 2.63. The monoisotopic (exact) mass is 328 g/mol. The third-order valence-corrected chi connectivity index (χ3v) is 5.02. The van der Waals surface area contributed by atoms with Crippen molar-refractivity contribution in [3.05, 3.63) is 35.4 Å². The van der Waals surface area contributed by atoms with Gasteiger partial charge in [-0.1, -0.05) is 43.5 Å². The van der Waals surface area contributed by atoms with Crippen LogP contribution in [-0.2, 0) is 17.8 Å². The molecule has 130 valence electrons. The molecule has 0 aromatic heterocycles. The number of carbonyl (C=O) groups is 1. The second kappa shape index (κ2) is 8.18. The number of guanidine groups is 1. The Hall–Kier alpha value is -2.04. The van der Waals surface area contributed by atoms with Crippen LogP contribution in [0.15, 0.2) is 29.3 Å². The SMILES string of the molecule is CN=C(NCC(=O)NC1CCCCC1)N1CCc2ccccc2C1. The molecule has 5 nitrogen and oxygen atoms in total. The molecule has 1 aliphatic heterocycles. The molecule has 0 saturated heterocycles. The van der Waals surface area contributed by atoms with Crippen LogP contribution in [0.3, 0.4) is 0 Å². The van der Waals surface area contributed by atoms with E-state index in [-0.39, 0.29) is 5.91 Å². The third kappa shape index (κ3) is 4.28. The van der Waals surface area contributed by atoms with E-state index in [2.05, 4.69) is 44.8 Å². The second-order valence-corrected chi connectivity index (χ2v) is 6.74. The highest BCUT2D eigenvalue weighted by molar-refractivity contribution is 5.86.